The van der Waals surface area contributed by atoms with E-state index in [1.165, 1.54) is 18.6 Å². The number of benzene rings is 1. The van der Waals surface area contributed by atoms with Gasteiger partial charge in [0, 0.05) is 25.3 Å². The van der Waals surface area contributed by atoms with Crippen LogP contribution in [0.25, 0.3) is 0 Å². The molecule has 3 fully saturated rings. The van der Waals surface area contributed by atoms with E-state index in [-0.39, 0.29) is 33.9 Å². The third-order valence-electron chi connectivity index (χ3n) is 6.78. The highest BCUT2D eigenvalue weighted by Gasteiger charge is 2.47. The molecular weight excluding hydrogens is 437 g/mol. The van der Waals surface area contributed by atoms with Crippen LogP contribution in [0.15, 0.2) is 16.5 Å². The van der Waals surface area contributed by atoms with E-state index in [0.29, 0.717) is 31.3 Å². The number of nitrogens with one attached hydrogen (secondary N) is 1. The van der Waals surface area contributed by atoms with Crippen molar-refractivity contribution in [3.8, 4) is 5.75 Å². The summed E-state index contributed by atoms with van der Waals surface area (Å²) in [6.07, 6.45) is 3.67. The Morgan fingerprint density at radius 2 is 2.06 bits per heavy atom. The zero-order valence-electron chi connectivity index (χ0n) is 18.4. The Morgan fingerprint density at radius 1 is 1.34 bits per heavy atom. The first-order valence-corrected chi connectivity index (χ1v) is 11.4. The van der Waals surface area contributed by atoms with Crippen LogP contribution in [0.4, 0.5) is 16.1 Å². The molecule has 2 heterocycles. The third-order valence-corrected chi connectivity index (χ3v) is 7.06. The lowest BCUT2D eigenvalue weighted by molar-refractivity contribution is -0.0191. The fraction of sp³-hybridized carbons (Fsp3) is 0.565. The Hall–Kier alpha value is -2.32. The molecule has 172 valence electrons. The highest BCUT2D eigenvalue weighted by molar-refractivity contribution is 6.32. The first-order valence-electron chi connectivity index (χ1n) is 11.1. The quantitative estimate of drug-likeness (QED) is 0.642. The predicted molar refractivity (Wildman–Crippen MR) is 118 cm³/mol. The first-order chi connectivity index (χ1) is 15.3. The van der Waals surface area contributed by atoms with Crippen molar-refractivity contribution < 1.29 is 23.1 Å². The van der Waals surface area contributed by atoms with Crippen molar-refractivity contribution in [1.29, 1.82) is 0 Å². The second-order valence-corrected chi connectivity index (χ2v) is 9.73. The van der Waals surface area contributed by atoms with Crippen molar-refractivity contribution in [2.45, 2.75) is 51.2 Å². The van der Waals surface area contributed by atoms with Crippen molar-refractivity contribution >= 4 is 29.2 Å². The van der Waals surface area contributed by atoms with Crippen LogP contribution in [0.1, 0.15) is 49.4 Å². The monoisotopic (exact) mass is 463 g/mol. The van der Waals surface area contributed by atoms with Gasteiger partial charge in [0.1, 0.15) is 11.4 Å². The third kappa shape index (κ3) is 3.94. The Kier molecular flexibility index (Phi) is 5.33. The fourth-order valence-corrected chi connectivity index (χ4v) is 5.03. The molecule has 32 heavy (non-hydrogen) atoms. The van der Waals surface area contributed by atoms with Gasteiger partial charge in [-0.15, -0.1) is 0 Å². The lowest BCUT2D eigenvalue weighted by Crippen LogP contribution is -2.61. The van der Waals surface area contributed by atoms with Gasteiger partial charge in [0.05, 0.1) is 24.2 Å². The number of carbonyl (C=O) groups is 1. The van der Waals surface area contributed by atoms with E-state index in [4.69, 9.17) is 25.5 Å². The summed E-state index contributed by atoms with van der Waals surface area (Å²) in [4.78, 5) is 19.2. The number of nitrogens with zero attached hydrogens (tertiary/aromatic N) is 2. The highest BCUT2D eigenvalue weighted by Crippen LogP contribution is 2.53. The van der Waals surface area contributed by atoms with Crippen molar-refractivity contribution in [2.75, 3.05) is 30.4 Å². The average Bonchev–Trinajstić information content (AvgIpc) is 3.15. The molecule has 0 bridgehead atoms. The molecule has 1 aromatic carbocycles. The van der Waals surface area contributed by atoms with Crippen LogP contribution in [-0.4, -0.2) is 42.8 Å². The molecule has 2 aromatic rings. The van der Waals surface area contributed by atoms with Gasteiger partial charge >= 0.3 is 0 Å². The van der Waals surface area contributed by atoms with Gasteiger partial charge in [-0.1, -0.05) is 18.5 Å². The normalized spacial score (nSPS) is 25.3. The zero-order valence-corrected chi connectivity index (χ0v) is 19.2. The van der Waals surface area contributed by atoms with Gasteiger partial charge in [0.2, 0.25) is 0 Å². The number of hydrogen-bond donors (Lipinski definition) is 1. The summed E-state index contributed by atoms with van der Waals surface area (Å²) < 4.78 is 31.8. The van der Waals surface area contributed by atoms with Crippen LogP contribution in [0.2, 0.25) is 5.02 Å². The number of halogens is 2. The number of amides is 1. The Labute approximate surface area is 191 Å². The topological polar surface area (TPSA) is 76.8 Å². The van der Waals surface area contributed by atoms with E-state index in [0.717, 1.165) is 24.7 Å². The number of carbonyl (C=O) groups excluding carboxylic acids is 1. The molecule has 5 rings (SSSR count). The number of hydrogen-bond acceptors (Lipinski definition) is 6. The van der Waals surface area contributed by atoms with Crippen LogP contribution in [0, 0.1) is 17.7 Å². The van der Waals surface area contributed by atoms with Crippen LogP contribution in [0.5, 0.6) is 5.75 Å². The molecule has 7 nitrogen and oxygen atoms in total. The molecular formula is C23H27ClFN3O4. The average molecular weight is 464 g/mol. The second-order valence-electron chi connectivity index (χ2n) is 9.32. The van der Waals surface area contributed by atoms with E-state index >= 15 is 0 Å². The molecule has 1 amide bonds. The molecule has 1 aromatic heterocycles. The lowest BCUT2D eigenvalue weighted by Gasteiger charge is -2.45. The van der Waals surface area contributed by atoms with Gasteiger partial charge in [0.15, 0.2) is 17.3 Å². The highest BCUT2D eigenvalue weighted by atomic mass is 35.5. The molecule has 0 spiro atoms. The first kappa shape index (κ1) is 21.5. The summed E-state index contributed by atoms with van der Waals surface area (Å²) in [5, 5.41) is 2.82. The minimum Gasteiger partial charge on any atom is -0.486 e. The Balaban J connectivity index is 1.28. The Bertz CT molecular complexity index is 1020. The lowest BCUT2D eigenvalue weighted by atomic mass is 9.97. The minimum atomic E-state index is -0.593. The summed E-state index contributed by atoms with van der Waals surface area (Å²) in [6.45, 7) is 5.13. The molecule has 1 saturated heterocycles. The van der Waals surface area contributed by atoms with Crippen molar-refractivity contribution in [3.63, 3.8) is 0 Å². The molecule has 1 aliphatic heterocycles. The van der Waals surface area contributed by atoms with Crippen LogP contribution >= 0.6 is 11.6 Å². The minimum absolute atomic E-state index is 0.00771. The largest absolute Gasteiger partial charge is 0.486 e. The van der Waals surface area contributed by atoms with Crippen LogP contribution < -0.4 is 15.0 Å². The second kappa shape index (κ2) is 7.92. The van der Waals surface area contributed by atoms with E-state index in [2.05, 4.69) is 10.3 Å². The standard InChI is InChI=1S/C23H27ClFN3O4/c1-4-18-19(27-22(32-18)28-10-23(2,11-28)30-3)21(29)26-14-8-16(24)20(17(25)9-14)31-15-6-12-5-13(12)7-15/h8-9,12-13,15H,4-7,10-11H2,1-3H3,(H,26,29). The molecule has 0 radical (unpaired) electrons. The van der Waals surface area contributed by atoms with Crippen molar-refractivity contribution in [1.82, 2.24) is 4.98 Å². The van der Waals surface area contributed by atoms with Gasteiger partial charge in [-0.25, -0.2) is 4.39 Å². The number of fused-ring (bicyclic) bond motifs is 1. The molecule has 2 aliphatic carbocycles. The summed E-state index contributed by atoms with van der Waals surface area (Å²) in [6, 6.07) is 3.10. The van der Waals surface area contributed by atoms with E-state index < -0.39 is 11.7 Å². The van der Waals surface area contributed by atoms with Gasteiger partial charge in [-0.3, -0.25) is 4.79 Å². The molecule has 2 saturated carbocycles. The maximum absolute atomic E-state index is 14.7. The number of ether oxygens (including phenoxy) is 2. The number of anilines is 2. The summed E-state index contributed by atoms with van der Waals surface area (Å²) >= 11 is 6.29. The van der Waals surface area contributed by atoms with Gasteiger partial charge in [-0.05, 0) is 44.1 Å². The molecule has 2 unspecified atom stereocenters. The van der Waals surface area contributed by atoms with Gasteiger partial charge in [0.25, 0.3) is 11.9 Å². The predicted octanol–water partition coefficient (Wildman–Crippen LogP) is 4.68. The smallest absolute Gasteiger partial charge is 0.298 e. The van der Waals surface area contributed by atoms with Gasteiger partial charge < -0.3 is 24.1 Å². The van der Waals surface area contributed by atoms with Crippen molar-refractivity contribution in [3.05, 3.63) is 34.4 Å². The summed E-state index contributed by atoms with van der Waals surface area (Å²) in [5.41, 5.74) is 0.164. The summed E-state index contributed by atoms with van der Waals surface area (Å²) in [5.74, 6) is 0.888. The Morgan fingerprint density at radius 3 is 2.69 bits per heavy atom. The zero-order chi connectivity index (χ0) is 22.6. The number of aryl methyl sites for hydroxylation is 1. The number of aromatic nitrogens is 1. The number of oxazole rings is 1. The number of methoxy groups -OCH3 is 1. The van der Waals surface area contributed by atoms with Crippen LogP contribution in [0.3, 0.4) is 0 Å². The maximum atomic E-state index is 14.7. The fourth-order valence-electron chi connectivity index (χ4n) is 4.77. The van der Waals surface area contributed by atoms with E-state index in [1.807, 2.05) is 18.7 Å². The molecule has 1 N–H and O–H groups in total. The molecule has 2 atom stereocenters. The number of rotatable bonds is 7. The SMILES string of the molecule is CCc1oc(N2CC(C)(OC)C2)nc1C(=O)Nc1cc(F)c(OC2CC3CC3C2)c(Cl)c1. The van der Waals surface area contributed by atoms with E-state index in [1.54, 1.807) is 7.11 Å². The summed E-state index contributed by atoms with van der Waals surface area (Å²) in [7, 11) is 1.67. The maximum Gasteiger partial charge on any atom is 0.298 e. The van der Waals surface area contributed by atoms with Crippen molar-refractivity contribution in [2.24, 2.45) is 11.8 Å². The molecule has 3 aliphatic rings. The van der Waals surface area contributed by atoms with E-state index in [9.17, 15) is 9.18 Å². The van der Waals surface area contributed by atoms with Gasteiger partial charge in [-0.2, -0.15) is 4.98 Å². The molecule has 9 heteroatoms. The van der Waals surface area contributed by atoms with Crippen LogP contribution in [-0.2, 0) is 11.2 Å².